The summed E-state index contributed by atoms with van der Waals surface area (Å²) >= 11 is 0. The zero-order valence-electron chi connectivity index (χ0n) is 7.70. The number of benzene rings is 1. The van der Waals surface area contributed by atoms with Crippen molar-refractivity contribution < 1.29 is 17.2 Å². The van der Waals surface area contributed by atoms with Gasteiger partial charge in [-0.1, -0.05) is 0 Å². The monoisotopic (exact) mass is 236 g/mol. The Bertz CT molecular complexity index is 474. The van der Waals surface area contributed by atoms with Crippen LogP contribution in [0.4, 0.5) is 14.5 Å². The number of rotatable bonds is 3. The van der Waals surface area contributed by atoms with Crippen molar-refractivity contribution in [3.8, 4) is 0 Å². The van der Waals surface area contributed by atoms with Gasteiger partial charge in [0.05, 0.1) is 5.69 Å². The lowest BCUT2D eigenvalue weighted by Gasteiger charge is -2.08. The molecular formula is C8H10F2N2O2S. The van der Waals surface area contributed by atoms with E-state index >= 15 is 0 Å². The van der Waals surface area contributed by atoms with Gasteiger partial charge in [0.25, 0.3) is 0 Å². The normalized spacial score (nSPS) is 11.7. The van der Waals surface area contributed by atoms with E-state index in [4.69, 9.17) is 10.9 Å². The summed E-state index contributed by atoms with van der Waals surface area (Å²) in [6.45, 7) is -1.88. The maximum Gasteiger partial charge on any atom is 0.240 e. The van der Waals surface area contributed by atoms with Crippen LogP contribution in [0, 0.1) is 0 Å². The third kappa shape index (κ3) is 2.42. The maximum absolute atomic E-state index is 12.4. The highest BCUT2D eigenvalue weighted by Gasteiger charge is 2.15. The molecule has 0 saturated carbocycles. The first kappa shape index (κ1) is 11.9. The molecule has 0 aliphatic rings. The van der Waals surface area contributed by atoms with Gasteiger partial charge in [0.15, 0.2) is 0 Å². The van der Waals surface area contributed by atoms with Crippen LogP contribution in [0.1, 0.15) is 11.1 Å². The number of halogens is 2. The van der Waals surface area contributed by atoms with Gasteiger partial charge in [0, 0.05) is 0 Å². The number of anilines is 1. The predicted octanol–water partition coefficient (Wildman–Crippen LogP) is 0.855. The Balaban J connectivity index is 3.46. The first-order valence-electron chi connectivity index (χ1n) is 3.96. The van der Waals surface area contributed by atoms with Crippen LogP contribution in [0.25, 0.3) is 0 Å². The molecule has 1 rings (SSSR count). The van der Waals surface area contributed by atoms with Gasteiger partial charge in [-0.05, 0) is 23.3 Å². The molecule has 4 nitrogen and oxygen atoms in total. The number of nitrogens with two attached hydrogens (primary N) is 2. The molecule has 0 fully saturated rings. The second-order valence-electron chi connectivity index (χ2n) is 2.97. The van der Waals surface area contributed by atoms with Crippen molar-refractivity contribution in [1.82, 2.24) is 0 Å². The van der Waals surface area contributed by atoms with Gasteiger partial charge in [-0.25, -0.2) is 22.3 Å². The average Bonchev–Trinajstić information content (AvgIpc) is 2.15. The zero-order chi connectivity index (χ0) is 11.6. The summed E-state index contributed by atoms with van der Waals surface area (Å²) in [6, 6.07) is 2.04. The quantitative estimate of drug-likeness (QED) is 0.763. The number of primary sulfonamides is 1. The standard InChI is InChI=1S/C8H10F2N2O2S/c9-3-5-1-7(11)8(15(12,13)14)2-6(5)4-10/h1-2H,3-4,11H2,(H2,12,13,14). The number of hydrogen-bond donors (Lipinski definition) is 2. The van der Waals surface area contributed by atoms with E-state index in [2.05, 4.69) is 0 Å². The van der Waals surface area contributed by atoms with Crippen LogP contribution >= 0.6 is 0 Å². The van der Waals surface area contributed by atoms with Crippen molar-refractivity contribution >= 4 is 15.7 Å². The molecule has 1 aromatic carbocycles. The number of nitrogen functional groups attached to an aromatic ring is 1. The maximum atomic E-state index is 12.4. The van der Waals surface area contributed by atoms with Crippen LogP contribution in [0.2, 0.25) is 0 Å². The summed E-state index contributed by atoms with van der Waals surface area (Å²) < 4.78 is 46.8. The fraction of sp³-hybridized carbons (Fsp3) is 0.250. The third-order valence-electron chi connectivity index (χ3n) is 1.93. The molecule has 0 spiro atoms. The van der Waals surface area contributed by atoms with Crippen molar-refractivity contribution in [2.75, 3.05) is 5.73 Å². The molecule has 0 radical (unpaired) electrons. The molecule has 7 heteroatoms. The van der Waals surface area contributed by atoms with Gasteiger partial charge in [-0.3, -0.25) is 0 Å². The minimum Gasteiger partial charge on any atom is -0.398 e. The highest BCUT2D eigenvalue weighted by atomic mass is 32.2. The second kappa shape index (κ2) is 4.11. The number of sulfonamides is 1. The third-order valence-corrected chi connectivity index (χ3v) is 2.89. The van der Waals surface area contributed by atoms with E-state index in [1.54, 1.807) is 0 Å². The first-order chi connectivity index (χ1) is 6.90. The van der Waals surface area contributed by atoms with E-state index < -0.39 is 23.4 Å². The summed E-state index contributed by atoms with van der Waals surface area (Å²) in [6.07, 6.45) is 0. The van der Waals surface area contributed by atoms with Gasteiger partial charge in [0.1, 0.15) is 18.2 Å². The Morgan fingerprint density at radius 3 is 2.00 bits per heavy atom. The topological polar surface area (TPSA) is 86.2 Å². The van der Waals surface area contributed by atoms with Gasteiger partial charge in [-0.15, -0.1) is 0 Å². The van der Waals surface area contributed by atoms with Crippen molar-refractivity contribution in [1.29, 1.82) is 0 Å². The largest absolute Gasteiger partial charge is 0.398 e. The summed E-state index contributed by atoms with van der Waals surface area (Å²) in [4.78, 5) is -0.382. The summed E-state index contributed by atoms with van der Waals surface area (Å²) in [5, 5.41) is 4.85. The molecular weight excluding hydrogens is 226 g/mol. The van der Waals surface area contributed by atoms with Crippen LogP contribution in [0.15, 0.2) is 17.0 Å². The van der Waals surface area contributed by atoms with E-state index in [1.807, 2.05) is 0 Å². The van der Waals surface area contributed by atoms with E-state index in [0.717, 1.165) is 12.1 Å². The molecule has 1 aromatic rings. The highest BCUT2D eigenvalue weighted by molar-refractivity contribution is 7.89. The molecule has 0 bridgehead atoms. The van der Waals surface area contributed by atoms with Crippen LogP contribution in [0.5, 0.6) is 0 Å². The number of hydrogen-bond acceptors (Lipinski definition) is 3. The number of alkyl halides is 2. The predicted molar refractivity (Wildman–Crippen MR) is 51.9 cm³/mol. The molecule has 84 valence electrons. The molecule has 0 amide bonds. The fourth-order valence-corrected chi connectivity index (χ4v) is 1.87. The molecule has 15 heavy (non-hydrogen) atoms. The van der Waals surface area contributed by atoms with Crippen molar-refractivity contribution in [3.63, 3.8) is 0 Å². The highest BCUT2D eigenvalue weighted by Crippen LogP contribution is 2.23. The molecule has 0 heterocycles. The molecule has 0 saturated heterocycles. The fourth-order valence-electron chi connectivity index (χ4n) is 1.18. The van der Waals surface area contributed by atoms with Gasteiger partial charge < -0.3 is 5.73 Å². The van der Waals surface area contributed by atoms with E-state index in [1.165, 1.54) is 0 Å². The minimum absolute atomic E-state index is 0.0300. The SMILES string of the molecule is Nc1cc(CF)c(CF)cc1S(N)(=O)=O. The lowest BCUT2D eigenvalue weighted by molar-refractivity contribution is 0.454. The Morgan fingerprint density at radius 1 is 1.13 bits per heavy atom. The Hall–Kier alpha value is -1.21. The summed E-state index contributed by atoms with van der Waals surface area (Å²) in [7, 11) is -4.01. The van der Waals surface area contributed by atoms with E-state index in [-0.39, 0.29) is 21.7 Å². The minimum atomic E-state index is -4.01. The van der Waals surface area contributed by atoms with Crippen LogP contribution in [0.3, 0.4) is 0 Å². The lowest BCUT2D eigenvalue weighted by Crippen LogP contribution is -2.15. The van der Waals surface area contributed by atoms with E-state index in [0.29, 0.717) is 0 Å². The molecule has 0 aromatic heterocycles. The van der Waals surface area contributed by atoms with Crippen LogP contribution in [-0.4, -0.2) is 8.42 Å². The van der Waals surface area contributed by atoms with Gasteiger partial charge in [0.2, 0.25) is 10.0 Å². The van der Waals surface area contributed by atoms with Gasteiger partial charge in [-0.2, -0.15) is 0 Å². The molecule has 0 unspecified atom stereocenters. The Labute approximate surface area is 85.9 Å². The smallest absolute Gasteiger partial charge is 0.240 e. The average molecular weight is 236 g/mol. The van der Waals surface area contributed by atoms with Crippen molar-refractivity contribution in [3.05, 3.63) is 23.3 Å². The molecule has 0 aliphatic heterocycles. The Kier molecular flexibility index (Phi) is 3.25. The van der Waals surface area contributed by atoms with Crippen LogP contribution < -0.4 is 10.9 Å². The van der Waals surface area contributed by atoms with Gasteiger partial charge >= 0.3 is 0 Å². The second-order valence-corrected chi connectivity index (χ2v) is 4.50. The Morgan fingerprint density at radius 2 is 1.60 bits per heavy atom. The van der Waals surface area contributed by atoms with E-state index in [9.17, 15) is 17.2 Å². The first-order valence-corrected chi connectivity index (χ1v) is 5.50. The molecule has 0 atom stereocenters. The summed E-state index contributed by atoms with van der Waals surface area (Å²) in [5.74, 6) is 0. The zero-order valence-corrected chi connectivity index (χ0v) is 8.52. The molecule has 4 N–H and O–H groups in total. The lowest BCUT2D eigenvalue weighted by atomic mass is 10.1. The van der Waals surface area contributed by atoms with Crippen molar-refractivity contribution in [2.24, 2.45) is 5.14 Å². The van der Waals surface area contributed by atoms with Crippen molar-refractivity contribution in [2.45, 2.75) is 18.2 Å². The van der Waals surface area contributed by atoms with Crippen LogP contribution in [-0.2, 0) is 23.4 Å². The molecule has 0 aliphatic carbocycles. The summed E-state index contributed by atoms with van der Waals surface area (Å²) in [5.41, 5.74) is 5.15.